The Morgan fingerprint density at radius 1 is 1.12 bits per heavy atom. The fraction of sp³-hybridized carbons (Fsp3) is 0.318. The largest absolute Gasteiger partial charge is 0.441 e. The number of hydrogen-bond acceptors (Lipinski definition) is 6. The first kappa shape index (κ1) is 23.2. The summed E-state index contributed by atoms with van der Waals surface area (Å²) >= 11 is 0. The first-order valence-corrected chi connectivity index (χ1v) is 10.4. The molecular formula is C22H21F3N6O3. The lowest BCUT2D eigenvalue weighted by atomic mass is 10.1. The zero-order valence-electron chi connectivity index (χ0n) is 18.5. The van der Waals surface area contributed by atoms with Crippen LogP contribution in [0.4, 0.5) is 29.5 Å². The molecule has 0 spiro atoms. The molecule has 0 bridgehead atoms. The number of nitrogens with zero attached hydrogens (tertiary/aromatic N) is 4. The zero-order chi connectivity index (χ0) is 24.6. The highest BCUT2D eigenvalue weighted by molar-refractivity contribution is 5.97. The lowest BCUT2D eigenvalue weighted by Gasteiger charge is -2.15. The third kappa shape index (κ3) is 4.70. The van der Waals surface area contributed by atoms with Crippen LogP contribution in [0.3, 0.4) is 0 Å². The SMILES string of the molecule is C[C@@H](OC(=O)Nc1c(-c2ncc(NC(=O)C3(C)CC3)cc2F)cnn1C)c1cc(F)cnc1F. The molecule has 3 heterocycles. The summed E-state index contributed by atoms with van der Waals surface area (Å²) in [4.78, 5) is 31.9. The third-order valence-electron chi connectivity index (χ3n) is 5.62. The Bertz CT molecular complexity index is 1270. The molecule has 4 rings (SSSR count). The number of carbonyl (C=O) groups excluding carboxylic acids is 2. The van der Waals surface area contributed by atoms with Crippen LogP contribution in [0.25, 0.3) is 11.3 Å². The number of hydrogen-bond donors (Lipinski definition) is 2. The Kier molecular flexibility index (Phi) is 5.98. The molecule has 0 unspecified atom stereocenters. The van der Waals surface area contributed by atoms with Crippen molar-refractivity contribution in [1.82, 2.24) is 19.7 Å². The second-order valence-electron chi connectivity index (χ2n) is 8.31. The summed E-state index contributed by atoms with van der Waals surface area (Å²) < 4.78 is 48.5. The summed E-state index contributed by atoms with van der Waals surface area (Å²) in [5.41, 5.74) is -0.442. The van der Waals surface area contributed by atoms with E-state index >= 15 is 0 Å². The number of pyridine rings is 2. The highest BCUT2D eigenvalue weighted by Crippen LogP contribution is 2.45. The molecule has 1 fully saturated rings. The monoisotopic (exact) mass is 474 g/mol. The van der Waals surface area contributed by atoms with E-state index in [0.29, 0.717) is 6.20 Å². The first-order valence-electron chi connectivity index (χ1n) is 10.4. The van der Waals surface area contributed by atoms with Crippen molar-refractivity contribution in [3.63, 3.8) is 0 Å². The van der Waals surface area contributed by atoms with E-state index in [0.717, 1.165) is 25.0 Å². The van der Waals surface area contributed by atoms with Crippen molar-refractivity contribution in [3.8, 4) is 11.3 Å². The van der Waals surface area contributed by atoms with E-state index < -0.39 is 35.2 Å². The topological polar surface area (TPSA) is 111 Å². The Balaban J connectivity index is 1.50. The molecule has 12 heteroatoms. The fourth-order valence-electron chi connectivity index (χ4n) is 3.23. The number of aromatic nitrogens is 4. The molecule has 3 aromatic heterocycles. The minimum atomic E-state index is -1.16. The third-order valence-corrected chi connectivity index (χ3v) is 5.62. The number of halogens is 3. The zero-order valence-corrected chi connectivity index (χ0v) is 18.5. The first-order chi connectivity index (χ1) is 16.1. The van der Waals surface area contributed by atoms with Crippen LogP contribution in [0, 0.1) is 23.0 Å². The van der Waals surface area contributed by atoms with Crippen molar-refractivity contribution in [3.05, 3.63) is 53.9 Å². The van der Waals surface area contributed by atoms with Gasteiger partial charge in [0.25, 0.3) is 0 Å². The van der Waals surface area contributed by atoms with Gasteiger partial charge in [0, 0.05) is 18.5 Å². The number of nitrogens with one attached hydrogen (secondary N) is 2. The minimum absolute atomic E-state index is 0.0590. The molecule has 1 atom stereocenters. The lowest BCUT2D eigenvalue weighted by Crippen LogP contribution is -2.21. The number of ether oxygens (including phenoxy) is 1. The highest BCUT2D eigenvalue weighted by atomic mass is 19.1. The number of amides is 2. The van der Waals surface area contributed by atoms with E-state index in [-0.39, 0.29) is 34.2 Å². The van der Waals surface area contributed by atoms with Crippen molar-refractivity contribution in [1.29, 1.82) is 0 Å². The van der Waals surface area contributed by atoms with E-state index in [1.165, 1.54) is 31.0 Å². The maximum absolute atomic E-state index is 14.9. The summed E-state index contributed by atoms with van der Waals surface area (Å²) in [6, 6.07) is 2.00. The van der Waals surface area contributed by atoms with Crippen LogP contribution in [-0.2, 0) is 16.6 Å². The molecule has 2 amide bonds. The van der Waals surface area contributed by atoms with Crippen LogP contribution in [0.5, 0.6) is 0 Å². The fourth-order valence-corrected chi connectivity index (χ4v) is 3.23. The smallest absolute Gasteiger partial charge is 0.413 e. The van der Waals surface area contributed by atoms with Crippen LogP contribution < -0.4 is 10.6 Å². The minimum Gasteiger partial charge on any atom is -0.441 e. The van der Waals surface area contributed by atoms with Crippen LogP contribution in [0.15, 0.2) is 30.7 Å². The van der Waals surface area contributed by atoms with Gasteiger partial charge in [-0.3, -0.25) is 19.8 Å². The number of anilines is 2. The Hall–Kier alpha value is -3.96. The predicted molar refractivity (Wildman–Crippen MR) is 115 cm³/mol. The molecule has 0 saturated heterocycles. The summed E-state index contributed by atoms with van der Waals surface area (Å²) in [6.07, 6.45) is 2.68. The van der Waals surface area contributed by atoms with E-state index in [2.05, 4.69) is 25.7 Å². The summed E-state index contributed by atoms with van der Waals surface area (Å²) in [5, 5.41) is 9.08. The van der Waals surface area contributed by atoms with Gasteiger partial charge in [0.2, 0.25) is 11.9 Å². The predicted octanol–water partition coefficient (Wildman–Crippen LogP) is 4.34. The standard InChI is InChI=1S/C22H21F3N6O3/c1-11(14-6-12(23)8-27-18(14)25)34-21(33)30-19-15(10-28-31(19)3)17-16(24)7-13(9-26-17)29-20(32)22(2)4-5-22/h6-11H,4-5H2,1-3H3,(H,29,32)(H,30,33)/t11-/m1/s1. The van der Waals surface area contributed by atoms with Crippen molar-refractivity contribution in [2.24, 2.45) is 12.5 Å². The van der Waals surface area contributed by atoms with E-state index in [1.807, 2.05) is 6.92 Å². The average molecular weight is 474 g/mol. The molecule has 2 N–H and O–H groups in total. The van der Waals surface area contributed by atoms with Gasteiger partial charge in [-0.15, -0.1) is 0 Å². The van der Waals surface area contributed by atoms with Gasteiger partial charge in [0.15, 0.2) is 5.82 Å². The number of rotatable bonds is 6. The Morgan fingerprint density at radius 2 is 1.85 bits per heavy atom. The molecule has 0 radical (unpaired) electrons. The van der Waals surface area contributed by atoms with Gasteiger partial charge in [0.1, 0.15) is 23.4 Å². The second-order valence-corrected chi connectivity index (χ2v) is 8.31. The quantitative estimate of drug-likeness (QED) is 0.514. The van der Waals surface area contributed by atoms with Crippen molar-refractivity contribution in [2.75, 3.05) is 10.6 Å². The van der Waals surface area contributed by atoms with Gasteiger partial charge < -0.3 is 10.1 Å². The lowest BCUT2D eigenvalue weighted by molar-refractivity contribution is -0.120. The van der Waals surface area contributed by atoms with Gasteiger partial charge in [0.05, 0.1) is 35.4 Å². The van der Waals surface area contributed by atoms with Crippen LogP contribution in [-0.4, -0.2) is 31.7 Å². The Labute approximate surface area is 192 Å². The number of aryl methyl sites for hydroxylation is 1. The van der Waals surface area contributed by atoms with Crippen molar-refractivity contribution < 1.29 is 27.5 Å². The molecule has 1 saturated carbocycles. The van der Waals surface area contributed by atoms with Gasteiger partial charge in [-0.2, -0.15) is 9.49 Å². The maximum Gasteiger partial charge on any atom is 0.413 e. The van der Waals surface area contributed by atoms with Gasteiger partial charge in [-0.25, -0.2) is 18.6 Å². The molecule has 3 aromatic rings. The normalized spacial score (nSPS) is 14.9. The maximum atomic E-state index is 14.9. The van der Waals surface area contributed by atoms with Crippen LogP contribution >= 0.6 is 0 Å². The highest BCUT2D eigenvalue weighted by Gasteiger charge is 2.44. The summed E-state index contributed by atoms with van der Waals surface area (Å²) in [6.45, 7) is 3.17. The molecule has 34 heavy (non-hydrogen) atoms. The van der Waals surface area contributed by atoms with Gasteiger partial charge >= 0.3 is 6.09 Å². The molecule has 0 aromatic carbocycles. The van der Waals surface area contributed by atoms with E-state index in [4.69, 9.17) is 4.74 Å². The molecule has 1 aliphatic rings. The second kappa shape index (κ2) is 8.76. The van der Waals surface area contributed by atoms with Crippen LogP contribution in [0.2, 0.25) is 0 Å². The molecule has 9 nitrogen and oxygen atoms in total. The van der Waals surface area contributed by atoms with Gasteiger partial charge in [-0.1, -0.05) is 6.92 Å². The van der Waals surface area contributed by atoms with Crippen molar-refractivity contribution >= 4 is 23.5 Å². The van der Waals surface area contributed by atoms with Crippen molar-refractivity contribution in [2.45, 2.75) is 32.8 Å². The van der Waals surface area contributed by atoms with E-state index in [1.54, 1.807) is 0 Å². The summed E-state index contributed by atoms with van der Waals surface area (Å²) in [5.74, 6) is -2.65. The molecule has 1 aliphatic carbocycles. The molecule has 178 valence electrons. The van der Waals surface area contributed by atoms with Crippen LogP contribution in [0.1, 0.15) is 38.4 Å². The number of carbonyl (C=O) groups is 2. The average Bonchev–Trinajstić information content (AvgIpc) is 3.44. The molecular weight excluding hydrogens is 453 g/mol. The van der Waals surface area contributed by atoms with Gasteiger partial charge in [-0.05, 0) is 25.8 Å². The molecule has 0 aliphatic heterocycles. The Morgan fingerprint density at radius 3 is 2.53 bits per heavy atom. The summed E-state index contributed by atoms with van der Waals surface area (Å²) in [7, 11) is 1.50. The van der Waals surface area contributed by atoms with E-state index in [9.17, 15) is 22.8 Å².